The molecular formula is C14H20ClNO. The minimum absolute atomic E-state index is 0.106. The van der Waals surface area contributed by atoms with E-state index >= 15 is 0 Å². The molecule has 0 aliphatic carbocycles. The van der Waals surface area contributed by atoms with Crippen LogP contribution < -0.4 is 0 Å². The summed E-state index contributed by atoms with van der Waals surface area (Å²) in [7, 11) is 0. The first-order valence-corrected chi connectivity index (χ1v) is 6.62. The van der Waals surface area contributed by atoms with Gasteiger partial charge in [-0.1, -0.05) is 31.5 Å². The number of hydrogen-bond donors (Lipinski definition) is 0. The molecule has 2 rings (SSSR count). The van der Waals surface area contributed by atoms with Crippen molar-refractivity contribution in [2.45, 2.75) is 33.6 Å². The van der Waals surface area contributed by atoms with Crippen LogP contribution in [0.5, 0.6) is 0 Å². The Labute approximate surface area is 109 Å². The van der Waals surface area contributed by atoms with E-state index in [1.165, 1.54) is 0 Å². The Balaban J connectivity index is 0.000000686. The summed E-state index contributed by atoms with van der Waals surface area (Å²) < 4.78 is 0. The molecule has 0 N–H and O–H groups in total. The van der Waals surface area contributed by atoms with Crippen LogP contribution in [0, 0.1) is 6.92 Å². The minimum Gasteiger partial charge on any atom is -0.339 e. The first kappa shape index (κ1) is 14.0. The van der Waals surface area contributed by atoms with Gasteiger partial charge in [0.15, 0.2) is 0 Å². The van der Waals surface area contributed by atoms with E-state index in [0.717, 1.165) is 31.5 Å². The number of rotatable bonds is 1. The molecule has 0 saturated carbocycles. The lowest BCUT2D eigenvalue weighted by molar-refractivity contribution is 0.0793. The Morgan fingerprint density at radius 1 is 1.24 bits per heavy atom. The third-order valence-electron chi connectivity index (χ3n) is 2.81. The van der Waals surface area contributed by atoms with Crippen molar-refractivity contribution >= 4 is 17.5 Å². The first-order chi connectivity index (χ1) is 8.18. The van der Waals surface area contributed by atoms with Crippen LogP contribution in [0.25, 0.3) is 0 Å². The predicted molar refractivity (Wildman–Crippen MR) is 72.7 cm³/mol. The molecule has 3 heteroatoms. The second kappa shape index (κ2) is 6.65. The summed E-state index contributed by atoms with van der Waals surface area (Å²) in [5.74, 6) is 0.106. The van der Waals surface area contributed by atoms with Crippen LogP contribution in [0.15, 0.2) is 18.2 Å². The lowest BCUT2D eigenvalue weighted by atomic mass is 10.1. The van der Waals surface area contributed by atoms with Crippen LogP contribution in [0.3, 0.4) is 0 Å². The normalized spacial score (nSPS) is 14.2. The van der Waals surface area contributed by atoms with Crippen molar-refractivity contribution in [3.05, 3.63) is 34.3 Å². The molecule has 17 heavy (non-hydrogen) atoms. The van der Waals surface area contributed by atoms with Crippen molar-refractivity contribution in [1.29, 1.82) is 0 Å². The molecule has 2 nitrogen and oxygen atoms in total. The molecule has 94 valence electrons. The highest BCUT2D eigenvalue weighted by molar-refractivity contribution is 6.31. The molecule has 1 aliphatic rings. The fraction of sp³-hybridized carbons (Fsp3) is 0.500. The quantitative estimate of drug-likeness (QED) is 0.743. The van der Waals surface area contributed by atoms with Gasteiger partial charge in [-0.05, 0) is 37.5 Å². The standard InChI is InChI=1S/C12H14ClNO.C2H6/c1-9-4-5-10(8-11(9)13)12(15)14-6-2-3-7-14;1-2/h4-5,8H,2-3,6-7H2,1H3;1-2H3. The maximum absolute atomic E-state index is 12.0. The molecule has 0 bridgehead atoms. The van der Waals surface area contributed by atoms with Crippen LogP contribution in [-0.4, -0.2) is 23.9 Å². The number of hydrogen-bond acceptors (Lipinski definition) is 1. The Kier molecular flexibility index (Phi) is 5.49. The van der Waals surface area contributed by atoms with Crippen LogP contribution in [0.1, 0.15) is 42.6 Å². The van der Waals surface area contributed by atoms with Gasteiger partial charge >= 0.3 is 0 Å². The van der Waals surface area contributed by atoms with Gasteiger partial charge in [-0.25, -0.2) is 0 Å². The average Bonchev–Trinajstić information content (AvgIpc) is 2.88. The minimum atomic E-state index is 0.106. The lowest BCUT2D eigenvalue weighted by Gasteiger charge is -2.15. The van der Waals surface area contributed by atoms with Gasteiger partial charge < -0.3 is 4.90 Å². The van der Waals surface area contributed by atoms with Crippen LogP contribution in [0.4, 0.5) is 0 Å². The fourth-order valence-corrected chi connectivity index (χ4v) is 2.01. The summed E-state index contributed by atoms with van der Waals surface area (Å²) in [5.41, 5.74) is 1.71. The molecule has 1 saturated heterocycles. The average molecular weight is 254 g/mol. The summed E-state index contributed by atoms with van der Waals surface area (Å²) in [5, 5.41) is 0.667. The molecule has 0 spiro atoms. The molecule has 0 unspecified atom stereocenters. The number of aryl methyl sites for hydroxylation is 1. The second-order valence-corrected chi connectivity index (χ2v) is 4.37. The summed E-state index contributed by atoms with van der Waals surface area (Å²) in [6, 6.07) is 5.51. The van der Waals surface area contributed by atoms with E-state index in [2.05, 4.69) is 0 Å². The van der Waals surface area contributed by atoms with Crippen molar-refractivity contribution in [3.63, 3.8) is 0 Å². The van der Waals surface area contributed by atoms with Gasteiger partial charge in [0.25, 0.3) is 5.91 Å². The van der Waals surface area contributed by atoms with Gasteiger partial charge in [0, 0.05) is 23.7 Å². The molecule has 0 aromatic heterocycles. The molecule has 1 aromatic rings. The van der Waals surface area contributed by atoms with Gasteiger partial charge in [-0.3, -0.25) is 4.79 Å². The highest BCUT2D eigenvalue weighted by Crippen LogP contribution is 2.19. The highest BCUT2D eigenvalue weighted by atomic mass is 35.5. The molecule has 1 aromatic carbocycles. The van der Waals surface area contributed by atoms with Crippen molar-refractivity contribution < 1.29 is 4.79 Å². The van der Waals surface area contributed by atoms with E-state index < -0.39 is 0 Å². The Morgan fingerprint density at radius 2 is 1.82 bits per heavy atom. The van der Waals surface area contributed by atoms with E-state index in [1.807, 2.05) is 37.8 Å². The Hall–Kier alpha value is -1.02. The fourth-order valence-electron chi connectivity index (χ4n) is 1.83. The highest BCUT2D eigenvalue weighted by Gasteiger charge is 2.19. The number of nitrogens with zero attached hydrogens (tertiary/aromatic N) is 1. The van der Waals surface area contributed by atoms with Gasteiger partial charge in [0.1, 0.15) is 0 Å². The second-order valence-electron chi connectivity index (χ2n) is 3.96. The first-order valence-electron chi connectivity index (χ1n) is 6.24. The lowest BCUT2D eigenvalue weighted by Crippen LogP contribution is -2.27. The SMILES string of the molecule is CC.Cc1ccc(C(=O)N2CCCC2)cc1Cl. The topological polar surface area (TPSA) is 20.3 Å². The van der Waals surface area contributed by atoms with E-state index in [9.17, 15) is 4.79 Å². The Morgan fingerprint density at radius 3 is 2.35 bits per heavy atom. The third-order valence-corrected chi connectivity index (χ3v) is 3.22. The van der Waals surface area contributed by atoms with Crippen molar-refractivity contribution in [3.8, 4) is 0 Å². The van der Waals surface area contributed by atoms with Crippen LogP contribution in [-0.2, 0) is 0 Å². The summed E-state index contributed by atoms with van der Waals surface area (Å²) >= 11 is 5.99. The summed E-state index contributed by atoms with van der Waals surface area (Å²) in [6.45, 7) is 7.70. The molecule has 1 amide bonds. The van der Waals surface area contributed by atoms with E-state index in [1.54, 1.807) is 6.07 Å². The van der Waals surface area contributed by atoms with Gasteiger partial charge in [0.05, 0.1) is 0 Å². The molecule has 1 fully saturated rings. The van der Waals surface area contributed by atoms with Gasteiger partial charge in [0.2, 0.25) is 0 Å². The molecule has 0 atom stereocenters. The molecular weight excluding hydrogens is 234 g/mol. The van der Waals surface area contributed by atoms with E-state index in [4.69, 9.17) is 11.6 Å². The van der Waals surface area contributed by atoms with Gasteiger partial charge in [-0.15, -0.1) is 0 Å². The van der Waals surface area contributed by atoms with Gasteiger partial charge in [-0.2, -0.15) is 0 Å². The number of carbonyl (C=O) groups excluding carboxylic acids is 1. The summed E-state index contributed by atoms with van der Waals surface area (Å²) in [6.07, 6.45) is 2.23. The number of carbonyl (C=O) groups is 1. The predicted octanol–water partition coefficient (Wildman–Crippen LogP) is 3.91. The zero-order valence-electron chi connectivity index (χ0n) is 10.8. The number of amides is 1. The van der Waals surface area contributed by atoms with Crippen molar-refractivity contribution in [2.24, 2.45) is 0 Å². The van der Waals surface area contributed by atoms with Crippen molar-refractivity contribution in [1.82, 2.24) is 4.90 Å². The number of likely N-dealkylation sites (tertiary alicyclic amines) is 1. The molecule has 1 aliphatic heterocycles. The maximum atomic E-state index is 12.0. The molecule has 0 radical (unpaired) electrons. The van der Waals surface area contributed by atoms with Crippen molar-refractivity contribution in [2.75, 3.05) is 13.1 Å². The van der Waals surface area contributed by atoms with E-state index in [-0.39, 0.29) is 5.91 Å². The third kappa shape index (κ3) is 3.47. The smallest absolute Gasteiger partial charge is 0.253 e. The largest absolute Gasteiger partial charge is 0.339 e. The van der Waals surface area contributed by atoms with E-state index in [0.29, 0.717) is 10.6 Å². The maximum Gasteiger partial charge on any atom is 0.253 e. The van der Waals surface area contributed by atoms with Crippen LogP contribution >= 0.6 is 11.6 Å². The number of benzene rings is 1. The monoisotopic (exact) mass is 253 g/mol. The Bertz CT molecular complexity index is 384. The zero-order chi connectivity index (χ0) is 12.8. The number of halogens is 1. The zero-order valence-corrected chi connectivity index (χ0v) is 11.5. The molecule has 1 heterocycles. The van der Waals surface area contributed by atoms with Crippen LogP contribution in [0.2, 0.25) is 5.02 Å². The summed E-state index contributed by atoms with van der Waals surface area (Å²) in [4.78, 5) is 13.9.